The van der Waals surface area contributed by atoms with E-state index in [1.54, 1.807) is 7.11 Å². The molecule has 0 aliphatic heterocycles. The maximum Gasteiger partial charge on any atom is 0.125 e. The molecule has 0 bridgehead atoms. The maximum absolute atomic E-state index is 6.06. The van der Waals surface area contributed by atoms with Crippen molar-refractivity contribution in [3.63, 3.8) is 0 Å². The third kappa shape index (κ3) is 4.15. The van der Waals surface area contributed by atoms with Gasteiger partial charge in [-0.25, -0.2) is 0 Å². The Bertz CT molecular complexity index is 558. The third-order valence-electron chi connectivity index (χ3n) is 3.41. The molecule has 0 aliphatic carbocycles. The molecule has 0 heterocycles. The van der Waals surface area contributed by atoms with E-state index < -0.39 is 0 Å². The van der Waals surface area contributed by atoms with Crippen LogP contribution >= 0.6 is 0 Å². The van der Waals surface area contributed by atoms with E-state index >= 15 is 0 Å². The third-order valence-corrected chi connectivity index (χ3v) is 3.41. The molecule has 1 N–H and O–H groups in total. The summed E-state index contributed by atoms with van der Waals surface area (Å²) >= 11 is 0. The molecule has 0 aliphatic rings. The van der Waals surface area contributed by atoms with Gasteiger partial charge in [-0.1, -0.05) is 18.2 Å². The van der Waals surface area contributed by atoms with Crippen LogP contribution in [0.2, 0.25) is 0 Å². The number of hydrogen-bond donors (Lipinski definition) is 1. The molecule has 0 spiro atoms. The second-order valence-electron chi connectivity index (χ2n) is 5.26. The van der Waals surface area contributed by atoms with E-state index in [2.05, 4.69) is 44.3 Å². The van der Waals surface area contributed by atoms with E-state index in [4.69, 9.17) is 9.47 Å². The summed E-state index contributed by atoms with van der Waals surface area (Å²) in [6.07, 6.45) is 0.0897. The van der Waals surface area contributed by atoms with Gasteiger partial charge in [0, 0.05) is 5.69 Å². The smallest absolute Gasteiger partial charge is 0.125 e. The second-order valence-corrected chi connectivity index (χ2v) is 5.26. The van der Waals surface area contributed by atoms with E-state index in [1.165, 1.54) is 11.1 Å². The van der Waals surface area contributed by atoms with Gasteiger partial charge in [0.1, 0.15) is 17.6 Å². The van der Waals surface area contributed by atoms with Crippen LogP contribution in [0.5, 0.6) is 11.5 Å². The Morgan fingerprint density at radius 2 is 1.62 bits per heavy atom. The SMILES string of the molecule is COc1ccc(NCC(C)Oc2c(C)cccc2C)cc1. The van der Waals surface area contributed by atoms with E-state index in [0.717, 1.165) is 23.7 Å². The summed E-state index contributed by atoms with van der Waals surface area (Å²) in [5.74, 6) is 1.85. The van der Waals surface area contributed by atoms with Crippen molar-refractivity contribution in [3.8, 4) is 11.5 Å². The van der Waals surface area contributed by atoms with Crippen LogP contribution in [0, 0.1) is 13.8 Å². The Morgan fingerprint density at radius 3 is 2.19 bits per heavy atom. The van der Waals surface area contributed by atoms with Crippen LogP contribution in [0.15, 0.2) is 42.5 Å². The van der Waals surface area contributed by atoms with Crippen LogP contribution in [-0.2, 0) is 0 Å². The van der Waals surface area contributed by atoms with Gasteiger partial charge < -0.3 is 14.8 Å². The Kier molecular flexibility index (Phi) is 5.09. The van der Waals surface area contributed by atoms with Crippen molar-refractivity contribution in [2.75, 3.05) is 19.0 Å². The minimum Gasteiger partial charge on any atom is -0.497 e. The number of benzene rings is 2. The highest BCUT2D eigenvalue weighted by Crippen LogP contribution is 2.23. The lowest BCUT2D eigenvalue weighted by Crippen LogP contribution is -2.23. The van der Waals surface area contributed by atoms with E-state index in [0.29, 0.717) is 0 Å². The van der Waals surface area contributed by atoms with Crippen LogP contribution in [0.3, 0.4) is 0 Å². The lowest BCUT2D eigenvalue weighted by atomic mass is 10.1. The largest absolute Gasteiger partial charge is 0.497 e. The number of rotatable bonds is 6. The van der Waals surface area contributed by atoms with Crippen LogP contribution in [0.25, 0.3) is 0 Å². The highest BCUT2D eigenvalue weighted by Gasteiger charge is 2.08. The summed E-state index contributed by atoms with van der Waals surface area (Å²) in [4.78, 5) is 0. The van der Waals surface area contributed by atoms with Gasteiger partial charge in [0.2, 0.25) is 0 Å². The zero-order valence-corrected chi connectivity index (χ0v) is 13.1. The molecule has 3 nitrogen and oxygen atoms in total. The fourth-order valence-electron chi connectivity index (χ4n) is 2.20. The number of methoxy groups -OCH3 is 1. The summed E-state index contributed by atoms with van der Waals surface area (Å²) in [5.41, 5.74) is 3.41. The van der Waals surface area contributed by atoms with Crippen molar-refractivity contribution in [1.29, 1.82) is 0 Å². The Morgan fingerprint density at radius 1 is 1.00 bits per heavy atom. The Balaban J connectivity index is 1.91. The number of hydrogen-bond acceptors (Lipinski definition) is 3. The normalized spacial score (nSPS) is 11.8. The molecule has 0 saturated heterocycles. The zero-order chi connectivity index (χ0) is 15.2. The molecule has 0 amide bonds. The average molecular weight is 285 g/mol. The van der Waals surface area contributed by atoms with Crippen LogP contribution in [0.4, 0.5) is 5.69 Å². The molecule has 2 rings (SSSR count). The van der Waals surface area contributed by atoms with E-state index in [1.807, 2.05) is 24.3 Å². The van der Waals surface area contributed by atoms with Gasteiger partial charge in [-0.2, -0.15) is 0 Å². The molecule has 3 heteroatoms. The van der Waals surface area contributed by atoms with Gasteiger partial charge >= 0.3 is 0 Å². The lowest BCUT2D eigenvalue weighted by Gasteiger charge is -2.19. The monoisotopic (exact) mass is 285 g/mol. The van der Waals surface area contributed by atoms with Crippen molar-refractivity contribution in [1.82, 2.24) is 0 Å². The quantitative estimate of drug-likeness (QED) is 0.863. The molecule has 21 heavy (non-hydrogen) atoms. The number of aryl methyl sites for hydroxylation is 2. The minimum absolute atomic E-state index is 0.0897. The molecular formula is C18H23NO2. The molecule has 2 aromatic rings. The summed E-state index contributed by atoms with van der Waals surface area (Å²) < 4.78 is 11.2. The molecular weight excluding hydrogens is 262 g/mol. The van der Waals surface area contributed by atoms with Crippen molar-refractivity contribution < 1.29 is 9.47 Å². The molecule has 0 fully saturated rings. The predicted molar refractivity (Wildman–Crippen MR) is 87.5 cm³/mol. The topological polar surface area (TPSA) is 30.5 Å². The molecule has 0 aromatic heterocycles. The van der Waals surface area contributed by atoms with Crippen molar-refractivity contribution in [2.45, 2.75) is 26.9 Å². The average Bonchev–Trinajstić information content (AvgIpc) is 2.49. The first-order chi connectivity index (χ1) is 10.1. The zero-order valence-electron chi connectivity index (χ0n) is 13.1. The summed E-state index contributed by atoms with van der Waals surface area (Å²) in [6.45, 7) is 6.97. The highest BCUT2D eigenvalue weighted by molar-refractivity contribution is 5.46. The highest BCUT2D eigenvalue weighted by atomic mass is 16.5. The second kappa shape index (κ2) is 7.02. The summed E-state index contributed by atoms with van der Waals surface area (Å²) in [5, 5.41) is 3.37. The van der Waals surface area contributed by atoms with E-state index in [-0.39, 0.29) is 6.10 Å². The van der Waals surface area contributed by atoms with Gasteiger partial charge in [-0.3, -0.25) is 0 Å². The van der Waals surface area contributed by atoms with Gasteiger partial charge in [-0.05, 0) is 56.2 Å². The van der Waals surface area contributed by atoms with Crippen molar-refractivity contribution in [3.05, 3.63) is 53.6 Å². The first kappa shape index (κ1) is 15.2. The lowest BCUT2D eigenvalue weighted by molar-refractivity contribution is 0.231. The first-order valence-corrected chi connectivity index (χ1v) is 7.21. The van der Waals surface area contributed by atoms with Gasteiger partial charge in [-0.15, -0.1) is 0 Å². The van der Waals surface area contributed by atoms with Gasteiger partial charge in [0.05, 0.1) is 13.7 Å². The Labute approximate surface area is 126 Å². The molecule has 2 aromatic carbocycles. The van der Waals surface area contributed by atoms with Gasteiger partial charge in [0.25, 0.3) is 0 Å². The van der Waals surface area contributed by atoms with Gasteiger partial charge in [0.15, 0.2) is 0 Å². The molecule has 112 valence electrons. The first-order valence-electron chi connectivity index (χ1n) is 7.21. The Hall–Kier alpha value is -2.16. The minimum atomic E-state index is 0.0897. The summed E-state index contributed by atoms with van der Waals surface area (Å²) in [7, 11) is 1.67. The van der Waals surface area contributed by atoms with Crippen LogP contribution in [0.1, 0.15) is 18.1 Å². The molecule has 0 radical (unpaired) electrons. The predicted octanol–water partition coefficient (Wildman–Crippen LogP) is 4.19. The van der Waals surface area contributed by atoms with Crippen LogP contribution < -0.4 is 14.8 Å². The summed E-state index contributed by atoms with van der Waals surface area (Å²) in [6, 6.07) is 14.1. The molecule has 1 unspecified atom stereocenters. The maximum atomic E-state index is 6.06. The number of para-hydroxylation sites is 1. The fraction of sp³-hybridized carbons (Fsp3) is 0.333. The number of nitrogens with one attached hydrogen (secondary N) is 1. The fourth-order valence-corrected chi connectivity index (χ4v) is 2.20. The molecule has 1 atom stereocenters. The molecule has 0 saturated carbocycles. The van der Waals surface area contributed by atoms with Crippen molar-refractivity contribution in [2.24, 2.45) is 0 Å². The number of ether oxygens (including phenoxy) is 2. The van der Waals surface area contributed by atoms with E-state index in [9.17, 15) is 0 Å². The standard InChI is InChI=1S/C18H23NO2/c1-13-6-5-7-14(2)18(13)21-15(3)12-19-16-8-10-17(20-4)11-9-16/h5-11,15,19H,12H2,1-4H3. The number of anilines is 1. The van der Waals surface area contributed by atoms with Crippen molar-refractivity contribution >= 4 is 5.69 Å². The van der Waals surface area contributed by atoms with Crippen LogP contribution in [-0.4, -0.2) is 19.8 Å².